The van der Waals surface area contributed by atoms with Crippen LogP contribution in [0.3, 0.4) is 0 Å². The fourth-order valence-corrected chi connectivity index (χ4v) is 8.59. The molecule has 288 valence electrons. The van der Waals surface area contributed by atoms with E-state index in [2.05, 4.69) is 6.92 Å². The van der Waals surface area contributed by atoms with Crippen molar-refractivity contribution >= 4 is 5.97 Å². The van der Waals surface area contributed by atoms with Gasteiger partial charge in [-0.25, -0.2) is 0 Å². The highest BCUT2D eigenvalue weighted by Gasteiger charge is 2.51. The van der Waals surface area contributed by atoms with E-state index in [1.54, 1.807) is 13.8 Å². The van der Waals surface area contributed by atoms with Gasteiger partial charge in [-0.3, -0.25) is 4.79 Å². The maximum absolute atomic E-state index is 14.1. The van der Waals surface area contributed by atoms with Crippen molar-refractivity contribution < 1.29 is 48.9 Å². The van der Waals surface area contributed by atoms with E-state index >= 15 is 0 Å². The molecule has 3 aliphatic heterocycles. The molecule has 3 heterocycles. The lowest BCUT2D eigenvalue weighted by atomic mass is 9.77. The fourth-order valence-electron chi connectivity index (χ4n) is 8.59. The number of rotatable bonds is 6. The molecule has 1 unspecified atom stereocenters. The highest BCUT2D eigenvalue weighted by atomic mass is 16.7. The number of esters is 1. The lowest BCUT2D eigenvalue weighted by Gasteiger charge is -2.47. The lowest BCUT2D eigenvalue weighted by Crippen LogP contribution is -2.59. The maximum Gasteiger partial charge on any atom is 0.311 e. The zero-order valence-electron chi connectivity index (χ0n) is 32.5. The van der Waals surface area contributed by atoms with Crippen molar-refractivity contribution in [1.29, 1.82) is 0 Å². The second kappa shape index (κ2) is 17.3. The summed E-state index contributed by atoms with van der Waals surface area (Å²) in [6, 6.07) is -0.725. The molecule has 0 aromatic carbocycles. The maximum atomic E-state index is 14.1. The number of cyclic esters (lactones) is 1. The molecule has 0 bridgehead atoms. The van der Waals surface area contributed by atoms with Crippen LogP contribution < -0.4 is 0 Å². The Hall–Kier alpha value is -0.930. The lowest BCUT2D eigenvalue weighted by molar-refractivity contribution is -0.307. The minimum Gasteiger partial charge on any atom is -0.459 e. The number of ether oxygens (including phenoxy) is 5. The van der Waals surface area contributed by atoms with Crippen molar-refractivity contribution in [3.63, 3.8) is 0 Å². The van der Waals surface area contributed by atoms with Crippen LogP contribution in [0, 0.1) is 23.7 Å². The Labute approximate surface area is 295 Å². The minimum atomic E-state index is -1.74. The van der Waals surface area contributed by atoms with E-state index in [1.165, 1.54) is 6.92 Å². The molecule has 0 aliphatic carbocycles. The molecule has 0 spiro atoms. The zero-order chi connectivity index (χ0) is 37.2. The van der Waals surface area contributed by atoms with E-state index in [0.29, 0.717) is 25.3 Å². The van der Waals surface area contributed by atoms with E-state index in [-0.39, 0.29) is 37.0 Å². The first-order valence-electron chi connectivity index (χ1n) is 18.6. The molecule has 12 nitrogen and oxygen atoms in total. The summed E-state index contributed by atoms with van der Waals surface area (Å²) >= 11 is 0. The Morgan fingerprint density at radius 2 is 1.53 bits per heavy atom. The minimum absolute atomic E-state index is 0.0418. The number of aliphatic hydroxyl groups is 4. The van der Waals surface area contributed by atoms with Gasteiger partial charge in [0.15, 0.2) is 12.6 Å². The van der Waals surface area contributed by atoms with Gasteiger partial charge in [0.1, 0.15) is 23.9 Å². The molecule has 49 heavy (non-hydrogen) atoms. The Morgan fingerprint density at radius 3 is 2.10 bits per heavy atom. The second-order valence-electron chi connectivity index (χ2n) is 16.7. The van der Waals surface area contributed by atoms with Crippen molar-refractivity contribution in [2.45, 2.75) is 180 Å². The largest absolute Gasteiger partial charge is 0.459 e. The molecule has 0 saturated carbocycles. The second-order valence-corrected chi connectivity index (χ2v) is 16.7. The van der Waals surface area contributed by atoms with Gasteiger partial charge in [0.2, 0.25) is 0 Å². The van der Waals surface area contributed by atoms with Crippen LogP contribution in [0.2, 0.25) is 0 Å². The smallest absolute Gasteiger partial charge is 0.311 e. The molecule has 0 aromatic rings. The monoisotopic (exact) mass is 703 g/mol. The molecule has 3 fully saturated rings. The van der Waals surface area contributed by atoms with Gasteiger partial charge in [-0.1, -0.05) is 27.7 Å². The van der Waals surface area contributed by atoms with Crippen molar-refractivity contribution in [3.8, 4) is 0 Å². The SMILES string of the molecule is CC[C@H]1OC(=O)[C@H](C)[C@@H](O[C@H]2CC(C)C[C@H](C)O2)[C@H](C)[C@@H](O[C@@H]2O[C@H](C)C[C@H](N(C)C)[C@H]2O)[C@](C)(O)C[C@@H](C)CN(C)[C@H](C)[C@@H](O)[C@]1(C)O. The summed E-state index contributed by atoms with van der Waals surface area (Å²) in [6.45, 7) is 19.1. The third-order valence-corrected chi connectivity index (χ3v) is 11.4. The number of carbonyl (C=O) groups excluding carboxylic acids is 1. The first kappa shape index (κ1) is 42.5. The van der Waals surface area contributed by atoms with Crippen LogP contribution in [0.5, 0.6) is 0 Å². The van der Waals surface area contributed by atoms with Gasteiger partial charge in [0.25, 0.3) is 0 Å². The predicted molar refractivity (Wildman–Crippen MR) is 187 cm³/mol. The molecule has 0 aromatic heterocycles. The summed E-state index contributed by atoms with van der Waals surface area (Å²) in [6.07, 6.45) is -4.23. The molecule has 0 radical (unpaired) electrons. The first-order valence-corrected chi connectivity index (χ1v) is 18.6. The van der Waals surface area contributed by atoms with E-state index in [9.17, 15) is 25.2 Å². The molecule has 17 atom stereocenters. The van der Waals surface area contributed by atoms with Gasteiger partial charge in [0, 0.05) is 31.0 Å². The Bertz CT molecular complexity index is 1030. The van der Waals surface area contributed by atoms with Crippen molar-refractivity contribution in [3.05, 3.63) is 0 Å². The van der Waals surface area contributed by atoms with Gasteiger partial charge in [-0.05, 0) is 100 Å². The van der Waals surface area contributed by atoms with Gasteiger partial charge in [-0.2, -0.15) is 0 Å². The average molecular weight is 703 g/mol. The van der Waals surface area contributed by atoms with Crippen molar-refractivity contribution in [2.75, 3.05) is 27.7 Å². The van der Waals surface area contributed by atoms with Crippen LogP contribution in [-0.4, -0.2) is 142 Å². The normalized spacial score (nSPS) is 48.9. The van der Waals surface area contributed by atoms with E-state index in [1.807, 2.05) is 72.5 Å². The highest BCUT2D eigenvalue weighted by molar-refractivity contribution is 5.73. The Morgan fingerprint density at radius 1 is 0.918 bits per heavy atom. The Kier molecular flexibility index (Phi) is 15.0. The predicted octanol–water partition coefficient (Wildman–Crippen LogP) is 3.16. The summed E-state index contributed by atoms with van der Waals surface area (Å²) < 4.78 is 31.9. The molecular weight excluding hydrogens is 632 g/mol. The zero-order valence-corrected chi connectivity index (χ0v) is 32.5. The number of hydrogen-bond donors (Lipinski definition) is 4. The first-order chi connectivity index (χ1) is 22.6. The van der Waals surface area contributed by atoms with E-state index < -0.39 is 78.1 Å². The third kappa shape index (κ3) is 10.4. The molecule has 3 aliphatic rings. The fraction of sp³-hybridized carbons (Fsp3) is 0.973. The van der Waals surface area contributed by atoms with Crippen molar-refractivity contribution in [1.82, 2.24) is 9.80 Å². The molecule has 4 N–H and O–H groups in total. The summed E-state index contributed by atoms with van der Waals surface area (Å²) in [5.41, 5.74) is -3.22. The molecule has 3 saturated heterocycles. The topological polar surface area (TPSA) is 151 Å². The highest BCUT2D eigenvalue weighted by Crippen LogP contribution is 2.39. The third-order valence-electron chi connectivity index (χ3n) is 11.4. The number of aliphatic hydroxyl groups excluding tert-OH is 2. The molecule has 0 amide bonds. The van der Waals surface area contributed by atoms with Gasteiger partial charge < -0.3 is 53.9 Å². The number of hydrogen-bond acceptors (Lipinski definition) is 12. The van der Waals surface area contributed by atoms with Crippen LogP contribution in [0.4, 0.5) is 0 Å². The van der Waals surface area contributed by atoms with Crippen molar-refractivity contribution in [2.24, 2.45) is 23.7 Å². The standard InChI is InChI=1S/C37H70N2O10/c1-14-28-37(10,44)32(41)26(8)39(13)19-21(3)18-36(9,43)33(49-35-30(40)27(38(11)12)17-23(5)46-35)24(6)31(25(7)34(42)47-28)48-29-16-20(2)15-22(4)45-29/h20-33,35,40-41,43-44H,14-19H2,1-13H3/t20?,21-,22+,23-,24+,25-,26-,27+,28-,29+,30-,31+,32-,33-,35+,36-,37-/m1/s1. The van der Waals surface area contributed by atoms with E-state index in [0.717, 1.165) is 6.42 Å². The van der Waals surface area contributed by atoms with E-state index in [4.69, 9.17) is 23.7 Å². The summed E-state index contributed by atoms with van der Waals surface area (Å²) in [7, 11) is 5.68. The van der Waals surface area contributed by atoms with Crippen LogP contribution in [0.25, 0.3) is 0 Å². The van der Waals surface area contributed by atoms with Gasteiger partial charge in [-0.15, -0.1) is 0 Å². The number of nitrogens with zero attached hydrogens (tertiary/aromatic N) is 2. The average Bonchev–Trinajstić information content (AvgIpc) is 2.99. The van der Waals surface area contributed by atoms with Crippen LogP contribution in [0.15, 0.2) is 0 Å². The van der Waals surface area contributed by atoms with Crippen LogP contribution in [0.1, 0.15) is 101 Å². The van der Waals surface area contributed by atoms with Gasteiger partial charge in [0.05, 0.1) is 35.9 Å². The summed E-state index contributed by atoms with van der Waals surface area (Å²) in [5, 5.41) is 47.0. The number of likely N-dealkylation sites (N-methyl/N-ethyl adjacent to an activating group) is 2. The van der Waals surface area contributed by atoms with Gasteiger partial charge >= 0.3 is 5.97 Å². The van der Waals surface area contributed by atoms with Crippen LogP contribution >= 0.6 is 0 Å². The number of carbonyl (C=O) groups is 1. The Balaban J connectivity index is 2.14. The van der Waals surface area contributed by atoms with Crippen LogP contribution in [-0.2, 0) is 28.5 Å². The molecule has 3 rings (SSSR count). The summed E-state index contributed by atoms with van der Waals surface area (Å²) in [4.78, 5) is 18.0. The summed E-state index contributed by atoms with van der Waals surface area (Å²) in [5.74, 6) is -1.87. The molecule has 12 heteroatoms. The molecular formula is C37H70N2O10. The quantitative estimate of drug-likeness (QED) is 0.301.